The number of anilines is 2. The van der Waals surface area contributed by atoms with Gasteiger partial charge in [-0.25, -0.2) is 14.3 Å². The van der Waals surface area contributed by atoms with Crippen molar-refractivity contribution in [2.45, 2.75) is 13.8 Å². The van der Waals surface area contributed by atoms with Gasteiger partial charge in [0.2, 0.25) is 0 Å². The van der Waals surface area contributed by atoms with Gasteiger partial charge in [-0.3, -0.25) is 9.63 Å². The highest BCUT2D eigenvalue weighted by atomic mass is 127. The predicted octanol–water partition coefficient (Wildman–Crippen LogP) is 4.32. The van der Waals surface area contributed by atoms with Crippen LogP contribution in [0.25, 0.3) is 0 Å². The molecule has 1 amide bonds. The Hall–Kier alpha value is -1.78. The molecule has 2 aromatic rings. The summed E-state index contributed by atoms with van der Waals surface area (Å²) in [4.78, 5) is 17.3. The lowest BCUT2D eigenvalue weighted by Crippen LogP contribution is -2.26. The predicted molar refractivity (Wildman–Crippen MR) is 103 cm³/mol. The summed E-state index contributed by atoms with van der Waals surface area (Å²) in [6.07, 6.45) is 0. The Bertz CT molecular complexity index is 787. The van der Waals surface area contributed by atoms with E-state index in [0.717, 1.165) is 15.2 Å². The maximum atomic E-state index is 14.3. The van der Waals surface area contributed by atoms with E-state index in [1.165, 1.54) is 6.07 Å². The van der Waals surface area contributed by atoms with Crippen molar-refractivity contribution in [2.24, 2.45) is 0 Å². The largest absolute Gasteiger partial charge is 0.379 e. The Morgan fingerprint density at radius 2 is 1.96 bits per heavy atom. The number of nitrogens with one attached hydrogen (secondary N) is 2. The number of ether oxygens (including phenoxy) is 1. The third kappa shape index (κ3) is 5.36. The lowest BCUT2D eigenvalue weighted by Gasteiger charge is -2.15. The molecule has 0 atom stereocenters. The van der Waals surface area contributed by atoms with Gasteiger partial charge in [0.15, 0.2) is 11.6 Å². The van der Waals surface area contributed by atoms with Gasteiger partial charge in [0.25, 0.3) is 5.91 Å². The summed E-state index contributed by atoms with van der Waals surface area (Å²) in [5.74, 6) is -2.87. The smallest absolute Gasteiger partial charge is 0.277 e. The molecule has 8 heteroatoms. The van der Waals surface area contributed by atoms with Crippen LogP contribution in [0.1, 0.15) is 22.8 Å². The molecule has 0 saturated carbocycles. The summed E-state index contributed by atoms with van der Waals surface area (Å²) in [5, 5.41) is 2.81. The Labute approximate surface area is 164 Å². The minimum atomic E-state index is -1.13. The van der Waals surface area contributed by atoms with Crippen LogP contribution >= 0.6 is 22.6 Å². The van der Waals surface area contributed by atoms with Crippen molar-refractivity contribution in [3.63, 3.8) is 0 Å². The van der Waals surface area contributed by atoms with Crippen molar-refractivity contribution in [2.75, 3.05) is 25.1 Å². The average molecular weight is 476 g/mol. The summed E-state index contributed by atoms with van der Waals surface area (Å²) >= 11 is 2.15. The Morgan fingerprint density at radius 3 is 2.65 bits per heavy atom. The highest BCUT2D eigenvalue weighted by Gasteiger charge is 2.19. The van der Waals surface area contributed by atoms with Gasteiger partial charge in [0.05, 0.1) is 24.5 Å². The number of hydrogen-bond donors (Lipinski definition) is 2. The van der Waals surface area contributed by atoms with E-state index in [1.807, 2.05) is 26.0 Å². The monoisotopic (exact) mass is 476 g/mol. The molecule has 0 aromatic heterocycles. The molecule has 26 heavy (non-hydrogen) atoms. The first kappa shape index (κ1) is 20.5. The molecular weight excluding hydrogens is 457 g/mol. The number of halogens is 3. The van der Waals surface area contributed by atoms with E-state index in [0.29, 0.717) is 18.9 Å². The molecular formula is C18H19F2IN2O3. The summed E-state index contributed by atoms with van der Waals surface area (Å²) in [6.45, 7) is 4.65. The van der Waals surface area contributed by atoms with Crippen LogP contribution in [0.5, 0.6) is 0 Å². The van der Waals surface area contributed by atoms with Gasteiger partial charge in [0, 0.05) is 15.9 Å². The van der Waals surface area contributed by atoms with Gasteiger partial charge < -0.3 is 10.1 Å². The molecule has 140 valence electrons. The molecule has 0 unspecified atom stereocenters. The van der Waals surface area contributed by atoms with E-state index in [1.54, 1.807) is 6.07 Å². The number of amides is 1. The molecule has 0 fully saturated rings. The summed E-state index contributed by atoms with van der Waals surface area (Å²) in [6, 6.07) is 7.54. The second kappa shape index (κ2) is 9.79. The first-order chi connectivity index (χ1) is 12.4. The molecule has 2 rings (SSSR count). The fourth-order valence-corrected chi connectivity index (χ4v) is 2.83. The Balaban J connectivity index is 2.21. The summed E-state index contributed by atoms with van der Waals surface area (Å²) in [7, 11) is 0. The molecule has 0 heterocycles. The van der Waals surface area contributed by atoms with E-state index in [2.05, 4.69) is 33.4 Å². The van der Waals surface area contributed by atoms with E-state index < -0.39 is 17.5 Å². The summed E-state index contributed by atoms with van der Waals surface area (Å²) in [5.41, 5.74) is 3.29. The van der Waals surface area contributed by atoms with Crippen molar-refractivity contribution >= 4 is 39.9 Å². The zero-order valence-electron chi connectivity index (χ0n) is 14.4. The lowest BCUT2D eigenvalue weighted by atomic mass is 10.1. The SMILES string of the molecule is CCOCCONC(=O)c1ccc(F)c(F)c1Nc1ccc(I)cc1C. The number of aryl methyl sites for hydroxylation is 1. The Morgan fingerprint density at radius 1 is 1.19 bits per heavy atom. The van der Waals surface area contributed by atoms with Crippen LogP contribution in [-0.2, 0) is 9.57 Å². The fourth-order valence-electron chi connectivity index (χ4n) is 2.18. The van der Waals surface area contributed by atoms with E-state index >= 15 is 0 Å². The molecule has 0 aliphatic rings. The second-order valence-corrected chi connectivity index (χ2v) is 6.59. The van der Waals surface area contributed by atoms with Crippen molar-refractivity contribution in [1.29, 1.82) is 0 Å². The topological polar surface area (TPSA) is 59.6 Å². The molecule has 0 radical (unpaired) electrons. The second-order valence-electron chi connectivity index (χ2n) is 5.34. The maximum absolute atomic E-state index is 14.3. The minimum Gasteiger partial charge on any atom is -0.379 e. The van der Waals surface area contributed by atoms with Crippen LogP contribution in [0.2, 0.25) is 0 Å². The van der Waals surface area contributed by atoms with Crippen molar-refractivity contribution in [3.05, 3.63) is 56.7 Å². The van der Waals surface area contributed by atoms with Gasteiger partial charge in [-0.2, -0.15) is 0 Å². The Kier molecular flexibility index (Phi) is 7.73. The zero-order chi connectivity index (χ0) is 19.1. The molecule has 0 saturated heterocycles. The highest BCUT2D eigenvalue weighted by molar-refractivity contribution is 14.1. The first-order valence-corrected chi connectivity index (χ1v) is 9.03. The molecule has 5 nitrogen and oxygen atoms in total. The van der Waals surface area contributed by atoms with Crippen LogP contribution in [0.4, 0.5) is 20.2 Å². The fraction of sp³-hybridized carbons (Fsp3) is 0.278. The van der Waals surface area contributed by atoms with Crippen LogP contribution < -0.4 is 10.8 Å². The van der Waals surface area contributed by atoms with Gasteiger partial charge >= 0.3 is 0 Å². The number of hydroxylamine groups is 1. The molecule has 2 aromatic carbocycles. The summed E-state index contributed by atoms with van der Waals surface area (Å²) < 4.78 is 34.1. The molecule has 0 aliphatic heterocycles. The third-order valence-corrected chi connectivity index (χ3v) is 4.16. The van der Waals surface area contributed by atoms with Gasteiger partial charge in [-0.1, -0.05) is 0 Å². The van der Waals surface area contributed by atoms with Gasteiger partial charge in [0.1, 0.15) is 0 Å². The minimum absolute atomic E-state index is 0.0711. The lowest BCUT2D eigenvalue weighted by molar-refractivity contribution is 0.00169. The quantitative estimate of drug-likeness (QED) is 0.339. The van der Waals surface area contributed by atoms with Crippen LogP contribution in [-0.4, -0.2) is 25.7 Å². The van der Waals surface area contributed by atoms with E-state index in [-0.39, 0.29) is 17.9 Å². The molecule has 0 bridgehead atoms. The van der Waals surface area contributed by atoms with Crippen molar-refractivity contribution in [3.8, 4) is 0 Å². The number of rotatable bonds is 8. The van der Waals surface area contributed by atoms with Crippen molar-refractivity contribution in [1.82, 2.24) is 5.48 Å². The van der Waals surface area contributed by atoms with Crippen molar-refractivity contribution < 1.29 is 23.1 Å². The number of carbonyl (C=O) groups is 1. The molecule has 0 spiro atoms. The van der Waals surface area contributed by atoms with Crippen LogP contribution in [0, 0.1) is 22.1 Å². The van der Waals surface area contributed by atoms with Gasteiger partial charge in [-0.05, 0) is 72.3 Å². The van der Waals surface area contributed by atoms with Gasteiger partial charge in [-0.15, -0.1) is 0 Å². The molecule has 2 N–H and O–H groups in total. The number of hydrogen-bond acceptors (Lipinski definition) is 4. The van der Waals surface area contributed by atoms with Crippen LogP contribution in [0.15, 0.2) is 30.3 Å². The first-order valence-electron chi connectivity index (χ1n) is 7.95. The number of benzene rings is 2. The maximum Gasteiger partial charge on any atom is 0.277 e. The van der Waals surface area contributed by atoms with E-state index in [9.17, 15) is 13.6 Å². The van der Waals surface area contributed by atoms with Crippen LogP contribution in [0.3, 0.4) is 0 Å². The zero-order valence-corrected chi connectivity index (χ0v) is 16.5. The normalized spacial score (nSPS) is 10.7. The third-order valence-electron chi connectivity index (χ3n) is 3.49. The molecule has 0 aliphatic carbocycles. The average Bonchev–Trinajstić information content (AvgIpc) is 2.60. The highest BCUT2D eigenvalue weighted by Crippen LogP contribution is 2.28. The standard InChI is InChI=1S/C18H19F2IN2O3/c1-3-25-8-9-26-23-18(24)13-5-6-14(19)16(20)17(13)22-15-7-4-12(21)10-11(15)2/h4-7,10,22H,3,8-9H2,1-2H3,(H,23,24). The van der Waals surface area contributed by atoms with E-state index in [4.69, 9.17) is 9.57 Å². The number of carbonyl (C=O) groups excluding carboxylic acids is 1.